The maximum atomic E-state index is 12.1. The number of halogens is 1. The normalized spacial score (nSPS) is 11.4. The average Bonchev–Trinajstić information content (AvgIpc) is 2.39. The maximum absolute atomic E-state index is 12.1. The molecule has 0 aliphatic carbocycles. The van der Waals surface area contributed by atoms with Gasteiger partial charge in [-0.3, -0.25) is 4.79 Å². The lowest BCUT2D eigenvalue weighted by molar-refractivity contribution is 0.0818. The lowest BCUT2D eigenvalue weighted by Crippen LogP contribution is -2.50. The van der Waals surface area contributed by atoms with Crippen LogP contribution in [0.25, 0.3) is 0 Å². The number of benzene rings is 1. The fraction of sp³-hybridized carbons (Fsp3) is 0.500. The van der Waals surface area contributed by atoms with Crippen LogP contribution in [0.2, 0.25) is 5.02 Å². The van der Waals surface area contributed by atoms with Crippen LogP contribution in [0.4, 0.5) is 0 Å². The first-order chi connectivity index (χ1) is 8.48. The standard InChI is InChI=1S/C14H20ClNO2/c1-4-14(5-2,9-17)16-13(18)11-6-7-12(15)10(3)8-11/h6-8,17H,4-5,9H2,1-3H3,(H,16,18). The van der Waals surface area contributed by atoms with E-state index in [0.717, 1.165) is 5.56 Å². The number of hydrogen-bond donors (Lipinski definition) is 2. The first kappa shape index (κ1) is 15.0. The molecule has 0 atom stereocenters. The molecule has 100 valence electrons. The molecule has 0 fully saturated rings. The monoisotopic (exact) mass is 269 g/mol. The highest BCUT2D eigenvalue weighted by Crippen LogP contribution is 2.19. The molecule has 1 amide bonds. The largest absolute Gasteiger partial charge is 0.394 e. The van der Waals surface area contributed by atoms with Crippen LogP contribution in [0, 0.1) is 6.92 Å². The number of carbonyl (C=O) groups is 1. The first-order valence-electron chi connectivity index (χ1n) is 6.17. The quantitative estimate of drug-likeness (QED) is 0.863. The van der Waals surface area contributed by atoms with Crippen LogP contribution in [0.15, 0.2) is 18.2 Å². The Kier molecular flexibility index (Phi) is 5.17. The third-order valence-corrected chi connectivity index (χ3v) is 3.88. The number of nitrogens with one attached hydrogen (secondary N) is 1. The van der Waals surface area contributed by atoms with E-state index in [-0.39, 0.29) is 12.5 Å². The molecule has 0 aromatic heterocycles. The smallest absolute Gasteiger partial charge is 0.251 e. The molecule has 0 unspecified atom stereocenters. The summed E-state index contributed by atoms with van der Waals surface area (Å²) >= 11 is 5.93. The molecule has 0 bridgehead atoms. The molecular weight excluding hydrogens is 250 g/mol. The van der Waals surface area contributed by atoms with Gasteiger partial charge in [-0.25, -0.2) is 0 Å². The molecule has 1 rings (SSSR count). The highest BCUT2D eigenvalue weighted by Gasteiger charge is 2.27. The second-order valence-electron chi connectivity index (χ2n) is 4.56. The van der Waals surface area contributed by atoms with E-state index in [0.29, 0.717) is 23.4 Å². The minimum atomic E-state index is -0.537. The summed E-state index contributed by atoms with van der Waals surface area (Å²) in [5, 5.41) is 13.0. The number of aryl methyl sites for hydroxylation is 1. The van der Waals surface area contributed by atoms with Crippen molar-refractivity contribution in [1.82, 2.24) is 5.32 Å². The van der Waals surface area contributed by atoms with E-state index in [4.69, 9.17) is 11.6 Å². The Labute approximate surface area is 113 Å². The summed E-state index contributed by atoms with van der Waals surface area (Å²) in [4.78, 5) is 12.1. The van der Waals surface area contributed by atoms with Crippen molar-refractivity contribution in [2.75, 3.05) is 6.61 Å². The fourth-order valence-electron chi connectivity index (χ4n) is 1.79. The summed E-state index contributed by atoms with van der Waals surface area (Å²) < 4.78 is 0. The van der Waals surface area contributed by atoms with Gasteiger partial charge in [0.25, 0.3) is 5.91 Å². The summed E-state index contributed by atoms with van der Waals surface area (Å²) in [6.45, 7) is 5.70. The van der Waals surface area contributed by atoms with E-state index in [1.165, 1.54) is 0 Å². The van der Waals surface area contributed by atoms with Gasteiger partial charge in [0.2, 0.25) is 0 Å². The molecule has 0 saturated heterocycles. The zero-order chi connectivity index (χ0) is 13.8. The maximum Gasteiger partial charge on any atom is 0.251 e. The van der Waals surface area contributed by atoms with Crippen molar-refractivity contribution in [2.24, 2.45) is 0 Å². The van der Waals surface area contributed by atoms with Crippen LogP contribution >= 0.6 is 11.6 Å². The molecule has 0 spiro atoms. The van der Waals surface area contributed by atoms with E-state index >= 15 is 0 Å². The van der Waals surface area contributed by atoms with Crippen molar-refractivity contribution >= 4 is 17.5 Å². The van der Waals surface area contributed by atoms with Crippen molar-refractivity contribution in [3.05, 3.63) is 34.3 Å². The molecule has 18 heavy (non-hydrogen) atoms. The van der Waals surface area contributed by atoms with Crippen molar-refractivity contribution < 1.29 is 9.90 Å². The Bertz CT molecular complexity index is 420. The highest BCUT2D eigenvalue weighted by atomic mass is 35.5. The second kappa shape index (κ2) is 6.21. The predicted octanol–water partition coefficient (Wildman–Crippen LogP) is 2.93. The van der Waals surface area contributed by atoms with Crippen molar-refractivity contribution in [2.45, 2.75) is 39.2 Å². The number of aliphatic hydroxyl groups excluding tert-OH is 1. The lowest BCUT2D eigenvalue weighted by atomic mass is 9.93. The van der Waals surface area contributed by atoms with Crippen molar-refractivity contribution in [3.8, 4) is 0 Å². The molecule has 0 radical (unpaired) electrons. The minimum absolute atomic E-state index is 0.0572. The van der Waals surface area contributed by atoms with Gasteiger partial charge in [0.05, 0.1) is 12.1 Å². The molecule has 0 aliphatic rings. The minimum Gasteiger partial charge on any atom is -0.394 e. The summed E-state index contributed by atoms with van der Waals surface area (Å²) in [6, 6.07) is 5.16. The first-order valence-corrected chi connectivity index (χ1v) is 6.55. The van der Waals surface area contributed by atoms with E-state index in [1.807, 2.05) is 20.8 Å². The number of aliphatic hydroxyl groups is 1. The van der Waals surface area contributed by atoms with Crippen LogP contribution in [-0.4, -0.2) is 23.2 Å². The highest BCUT2D eigenvalue weighted by molar-refractivity contribution is 6.31. The summed E-state index contributed by atoms with van der Waals surface area (Å²) in [7, 11) is 0. The van der Waals surface area contributed by atoms with E-state index in [2.05, 4.69) is 5.32 Å². The van der Waals surface area contributed by atoms with Crippen LogP contribution in [0.1, 0.15) is 42.6 Å². The Morgan fingerprint density at radius 2 is 2.00 bits per heavy atom. The van der Waals surface area contributed by atoms with E-state index in [9.17, 15) is 9.90 Å². The van der Waals surface area contributed by atoms with Gasteiger partial charge in [0, 0.05) is 10.6 Å². The number of rotatable bonds is 5. The fourth-order valence-corrected chi connectivity index (χ4v) is 1.91. The van der Waals surface area contributed by atoms with Crippen molar-refractivity contribution in [1.29, 1.82) is 0 Å². The summed E-state index contributed by atoms with van der Waals surface area (Å²) in [6.07, 6.45) is 1.39. The molecule has 2 N–H and O–H groups in total. The Morgan fingerprint density at radius 3 is 2.44 bits per heavy atom. The van der Waals surface area contributed by atoms with Gasteiger partial charge in [0.15, 0.2) is 0 Å². The van der Waals surface area contributed by atoms with Crippen LogP contribution in [0.3, 0.4) is 0 Å². The molecule has 3 nitrogen and oxygen atoms in total. The van der Waals surface area contributed by atoms with Crippen LogP contribution < -0.4 is 5.32 Å². The number of amides is 1. The van der Waals surface area contributed by atoms with Gasteiger partial charge in [-0.1, -0.05) is 25.4 Å². The molecular formula is C14H20ClNO2. The Morgan fingerprint density at radius 1 is 1.39 bits per heavy atom. The number of hydrogen-bond acceptors (Lipinski definition) is 2. The summed E-state index contributed by atoms with van der Waals surface area (Å²) in [5.74, 6) is -0.174. The van der Waals surface area contributed by atoms with Crippen LogP contribution in [-0.2, 0) is 0 Å². The Hall–Kier alpha value is -1.06. The van der Waals surface area contributed by atoms with E-state index < -0.39 is 5.54 Å². The Balaban J connectivity index is 2.90. The zero-order valence-electron chi connectivity index (χ0n) is 11.1. The molecule has 4 heteroatoms. The third kappa shape index (κ3) is 3.24. The zero-order valence-corrected chi connectivity index (χ0v) is 11.8. The average molecular weight is 270 g/mol. The molecule has 0 aliphatic heterocycles. The van der Waals surface area contributed by atoms with Gasteiger partial charge in [-0.2, -0.15) is 0 Å². The van der Waals surface area contributed by atoms with Crippen molar-refractivity contribution in [3.63, 3.8) is 0 Å². The van der Waals surface area contributed by atoms with Gasteiger partial charge in [-0.15, -0.1) is 0 Å². The van der Waals surface area contributed by atoms with Gasteiger partial charge in [0.1, 0.15) is 0 Å². The number of carbonyl (C=O) groups excluding carboxylic acids is 1. The second-order valence-corrected chi connectivity index (χ2v) is 4.97. The molecule has 1 aromatic rings. The third-order valence-electron chi connectivity index (χ3n) is 3.46. The molecule has 0 heterocycles. The SMILES string of the molecule is CCC(CC)(CO)NC(=O)c1ccc(Cl)c(C)c1. The lowest BCUT2D eigenvalue weighted by Gasteiger charge is -2.30. The van der Waals surface area contributed by atoms with Gasteiger partial charge < -0.3 is 10.4 Å². The molecule has 0 saturated carbocycles. The van der Waals surface area contributed by atoms with E-state index in [1.54, 1.807) is 18.2 Å². The topological polar surface area (TPSA) is 49.3 Å². The van der Waals surface area contributed by atoms with Gasteiger partial charge >= 0.3 is 0 Å². The summed E-state index contributed by atoms with van der Waals surface area (Å²) in [5.41, 5.74) is 0.897. The molecule has 1 aromatic carbocycles. The van der Waals surface area contributed by atoms with Gasteiger partial charge in [-0.05, 0) is 43.5 Å². The van der Waals surface area contributed by atoms with Crippen LogP contribution in [0.5, 0.6) is 0 Å². The predicted molar refractivity (Wildman–Crippen MR) is 74.1 cm³/mol.